The number of ether oxygens (including phenoxy) is 1. The molecule has 1 atom stereocenters. The van der Waals surface area contributed by atoms with Gasteiger partial charge in [0.05, 0.1) is 29.4 Å². The number of hydrogen-bond acceptors (Lipinski definition) is 3. The highest BCUT2D eigenvalue weighted by Gasteiger charge is 2.30. The molecular weight excluding hydrogens is 370 g/mol. The highest BCUT2D eigenvalue weighted by molar-refractivity contribution is 7.80. The molecule has 2 aromatic carbocycles. The number of para-hydroxylation sites is 1. The molecule has 0 radical (unpaired) electrons. The molecule has 7 heteroatoms. The van der Waals surface area contributed by atoms with E-state index in [9.17, 15) is 4.79 Å². The zero-order valence-electron chi connectivity index (χ0n) is 14.3. The van der Waals surface area contributed by atoms with Gasteiger partial charge < -0.3 is 20.7 Å². The van der Waals surface area contributed by atoms with Crippen molar-refractivity contribution in [2.75, 3.05) is 12.4 Å². The number of halogens is 1. The van der Waals surface area contributed by atoms with Gasteiger partial charge in [-0.2, -0.15) is 0 Å². The summed E-state index contributed by atoms with van der Waals surface area (Å²) in [5.41, 5.74) is 2.65. The average Bonchev–Trinajstić information content (AvgIpc) is 2.63. The van der Waals surface area contributed by atoms with Gasteiger partial charge in [-0.15, -0.1) is 0 Å². The molecule has 0 fully saturated rings. The molecule has 0 spiro atoms. The van der Waals surface area contributed by atoms with Crippen LogP contribution < -0.4 is 20.7 Å². The standard InChI is InChI=1S/C19H18ClN3O2S/c1-11-16(18(24)22-15-9-4-3-8-14(15)20)17(23-19(26)21-11)12-6-5-7-13(10-12)25-2/h3-10,17H,1-2H3,(H,22,24)(H2,21,23,26). The highest BCUT2D eigenvalue weighted by atomic mass is 35.5. The number of carbonyl (C=O) groups excluding carboxylic acids is 1. The minimum atomic E-state index is -0.402. The Morgan fingerprint density at radius 3 is 2.73 bits per heavy atom. The fourth-order valence-corrected chi connectivity index (χ4v) is 3.27. The van der Waals surface area contributed by atoms with E-state index in [2.05, 4.69) is 16.0 Å². The van der Waals surface area contributed by atoms with Crippen molar-refractivity contribution in [2.45, 2.75) is 13.0 Å². The molecule has 0 bridgehead atoms. The summed E-state index contributed by atoms with van der Waals surface area (Å²) < 4.78 is 5.30. The molecular formula is C19H18ClN3O2S. The second-order valence-electron chi connectivity index (χ2n) is 5.78. The summed E-state index contributed by atoms with van der Waals surface area (Å²) in [6.07, 6.45) is 0. The number of allylic oxidation sites excluding steroid dienone is 1. The van der Waals surface area contributed by atoms with E-state index in [-0.39, 0.29) is 5.91 Å². The van der Waals surface area contributed by atoms with Crippen LogP contribution in [0.1, 0.15) is 18.5 Å². The number of nitrogens with one attached hydrogen (secondary N) is 3. The minimum Gasteiger partial charge on any atom is -0.497 e. The van der Waals surface area contributed by atoms with Gasteiger partial charge in [0.1, 0.15) is 5.75 Å². The van der Waals surface area contributed by atoms with E-state index in [0.29, 0.717) is 32.8 Å². The minimum absolute atomic E-state index is 0.258. The molecule has 0 saturated heterocycles. The van der Waals surface area contributed by atoms with Crippen LogP contribution in [-0.4, -0.2) is 18.1 Å². The Hall–Kier alpha value is -2.57. The van der Waals surface area contributed by atoms with Crippen LogP contribution in [0.15, 0.2) is 59.8 Å². The first-order valence-corrected chi connectivity index (χ1v) is 8.76. The number of thiocarbonyl (C=S) groups is 1. The number of carbonyl (C=O) groups is 1. The molecule has 0 aromatic heterocycles. The molecule has 1 amide bonds. The Bertz CT molecular complexity index is 898. The molecule has 1 aliphatic heterocycles. The maximum atomic E-state index is 13.0. The van der Waals surface area contributed by atoms with Gasteiger partial charge in [0, 0.05) is 5.70 Å². The number of rotatable bonds is 4. The van der Waals surface area contributed by atoms with Crippen LogP contribution in [-0.2, 0) is 4.79 Å². The molecule has 1 heterocycles. The van der Waals surface area contributed by atoms with Crippen molar-refractivity contribution in [1.82, 2.24) is 10.6 Å². The van der Waals surface area contributed by atoms with E-state index in [0.717, 1.165) is 5.56 Å². The Morgan fingerprint density at radius 1 is 1.23 bits per heavy atom. The fraction of sp³-hybridized carbons (Fsp3) is 0.158. The molecule has 1 unspecified atom stereocenters. The van der Waals surface area contributed by atoms with E-state index >= 15 is 0 Å². The number of benzene rings is 2. The number of hydrogen-bond donors (Lipinski definition) is 3. The number of anilines is 1. The first-order chi connectivity index (χ1) is 12.5. The SMILES string of the molecule is COc1cccc(C2NC(=S)NC(C)=C2C(=O)Nc2ccccc2Cl)c1. The quantitative estimate of drug-likeness (QED) is 0.697. The van der Waals surface area contributed by atoms with Gasteiger partial charge >= 0.3 is 0 Å². The third-order valence-corrected chi connectivity index (χ3v) is 4.61. The molecule has 134 valence electrons. The first-order valence-electron chi connectivity index (χ1n) is 7.97. The summed E-state index contributed by atoms with van der Waals surface area (Å²) in [7, 11) is 1.60. The summed E-state index contributed by atoms with van der Waals surface area (Å²) in [4.78, 5) is 13.0. The molecule has 26 heavy (non-hydrogen) atoms. The maximum absolute atomic E-state index is 13.0. The predicted molar refractivity (Wildman–Crippen MR) is 107 cm³/mol. The van der Waals surface area contributed by atoms with Crippen molar-refractivity contribution in [3.8, 4) is 5.75 Å². The number of amides is 1. The Morgan fingerprint density at radius 2 is 2.00 bits per heavy atom. The second kappa shape index (κ2) is 7.76. The van der Waals surface area contributed by atoms with Crippen LogP contribution in [0, 0.1) is 0 Å². The van der Waals surface area contributed by atoms with Crippen LogP contribution in [0.4, 0.5) is 5.69 Å². The van der Waals surface area contributed by atoms with Gasteiger partial charge in [-0.05, 0) is 49.0 Å². The lowest BCUT2D eigenvalue weighted by molar-refractivity contribution is -0.113. The summed E-state index contributed by atoms with van der Waals surface area (Å²) in [5, 5.41) is 9.98. The summed E-state index contributed by atoms with van der Waals surface area (Å²) in [6, 6.07) is 14.2. The van der Waals surface area contributed by atoms with E-state index in [1.54, 1.807) is 19.2 Å². The molecule has 1 aliphatic rings. The largest absolute Gasteiger partial charge is 0.497 e. The smallest absolute Gasteiger partial charge is 0.255 e. The van der Waals surface area contributed by atoms with Crippen molar-refractivity contribution in [1.29, 1.82) is 0 Å². The van der Waals surface area contributed by atoms with Crippen molar-refractivity contribution < 1.29 is 9.53 Å². The normalized spacial score (nSPS) is 16.6. The molecule has 0 saturated carbocycles. The van der Waals surface area contributed by atoms with Gasteiger partial charge in [-0.25, -0.2) is 0 Å². The van der Waals surface area contributed by atoms with Gasteiger partial charge in [0.2, 0.25) is 0 Å². The topological polar surface area (TPSA) is 62.4 Å². The summed E-state index contributed by atoms with van der Waals surface area (Å²) >= 11 is 11.4. The summed E-state index contributed by atoms with van der Waals surface area (Å²) in [6.45, 7) is 1.82. The van der Waals surface area contributed by atoms with Gasteiger partial charge in [-0.1, -0.05) is 35.9 Å². The van der Waals surface area contributed by atoms with Crippen LogP contribution in [0.25, 0.3) is 0 Å². The maximum Gasteiger partial charge on any atom is 0.255 e. The second-order valence-corrected chi connectivity index (χ2v) is 6.60. The lowest BCUT2D eigenvalue weighted by Crippen LogP contribution is -2.45. The van der Waals surface area contributed by atoms with Gasteiger partial charge in [0.15, 0.2) is 5.11 Å². The molecule has 0 aliphatic carbocycles. The van der Waals surface area contributed by atoms with Crippen LogP contribution in [0.5, 0.6) is 5.75 Å². The van der Waals surface area contributed by atoms with Crippen LogP contribution in [0.3, 0.4) is 0 Å². The third kappa shape index (κ3) is 3.81. The van der Waals surface area contributed by atoms with Crippen molar-refractivity contribution in [2.24, 2.45) is 0 Å². The Labute approximate surface area is 162 Å². The Balaban J connectivity index is 1.97. The first kappa shape index (κ1) is 18.2. The van der Waals surface area contributed by atoms with Crippen LogP contribution in [0.2, 0.25) is 5.02 Å². The van der Waals surface area contributed by atoms with E-state index in [1.807, 2.05) is 43.3 Å². The third-order valence-electron chi connectivity index (χ3n) is 4.06. The van der Waals surface area contributed by atoms with E-state index in [4.69, 9.17) is 28.6 Å². The van der Waals surface area contributed by atoms with Crippen molar-refractivity contribution >= 4 is 40.5 Å². The monoisotopic (exact) mass is 387 g/mol. The zero-order chi connectivity index (χ0) is 18.7. The van der Waals surface area contributed by atoms with Gasteiger partial charge in [0.25, 0.3) is 5.91 Å². The molecule has 5 nitrogen and oxygen atoms in total. The molecule has 2 aromatic rings. The number of methoxy groups -OCH3 is 1. The lowest BCUT2D eigenvalue weighted by atomic mass is 9.94. The van der Waals surface area contributed by atoms with E-state index < -0.39 is 6.04 Å². The molecule has 3 N–H and O–H groups in total. The zero-order valence-corrected chi connectivity index (χ0v) is 15.9. The lowest BCUT2D eigenvalue weighted by Gasteiger charge is -2.30. The van der Waals surface area contributed by atoms with E-state index in [1.165, 1.54) is 0 Å². The average molecular weight is 388 g/mol. The van der Waals surface area contributed by atoms with Crippen molar-refractivity contribution in [3.63, 3.8) is 0 Å². The van der Waals surface area contributed by atoms with Gasteiger partial charge in [-0.3, -0.25) is 4.79 Å². The van der Waals surface area contributed by atoms with Crippen LogP contribution >= 0.6 is 23.8 Å². The molecule has 3 rings (SSSR count). The predicted octanol–water partition coefficient (Wildman–Crippen LogP) is 3.78. The fourth-order valence-electron chi connectivity index (χ4n) is 2.82. The summed E-state index contributed by atoms with van der Waals surface area (Å²) in [5.74, 6) is 0.447. The Kier molecular flexibility index (Phi) is 5.44. The van der Waals surface area contributed by atoms with Crippen molar-refractivity contribution in [3.05, 3.63) is 70.4 Å². The highest BCUT2D eigenvalue weighted by Crippen LogP contribution is 2.30.